The van der Waals surface area contributed by atoms with Gasteiger partial charge in [-0.25, -0.2) is 0 Å². The maximum absolute atomic E-state index is 5.68. The molecule has 1 unspecified atom stereocenters. The zero-order chi connectivity index (χ0) is 14.1. The van der Waals surface area contributed by atoms with E-state index in [4.69, 9.17) is 14.2 Å². The number of rotatable bonds is 3. The normalized spacial score (nSPS) is 19.0. The lowest BCUT2D eigenvalue weighted by molar-refractivity contribution is 0.171. The third-order valence-electron chi connectivity index (χ3n) is 3.86. The van der Waals surface area contributed by atoms with Crippen LogP contribution in [-0.4, -0.2) is 19.8 Å². The van der Waals surface area contributed by atoms with Gasteiger partial charge < -0.3 is 19.5 Å². The highest BCUT2D eigenvalue weighted by atomic mass is 16.6. The largest absolute Gasteiger partial charge is 0.491 e. The topological polar surface area (TPSA) is 39.7 Å². The second-order valence-electron chi connectivity index (χ2n) is 5.26. The van der Waals surface area contributed by atoms with Crippen LogP contribution < -0.4 is 19.5 Å². The average Bonchev–Trinajstić information content (AvgIpc) is 2.96. The second-order valence-corrected chi connectivity index (χ2v) is 5.26. The van der Waals surface area contributed by atoms with Gasteiger partial charge in [0.1, 0.15) is 25.6 Å². The standard InChI is InChI=1S/C17H17NO3/c1-2-4-15-13(3-1)14(11-21-15)18-10-12-5-6-16-17(9-12)20-8-7-19-16/h1-6,9,14,18H,7-8,10-11H2. The number of fused-ring (bicyclic) bond motifs is 2. The average molecular weight is 283 g/mol. The van der Waals surface area contributed by atoms with Gasteiger partial charge in [0, 0.05) is 12.1 Å². The van der Waals surface area contributed by atoms with Crippen molar-refractivity contribution in [3.63, 3.8) is 0 Å². The summed E-state index contributed by atoms with van der Waals surface area (Å²) in [6.07, 6.45) is 0. The van der Waals surface area contributed by atoms with Crippen molar-refractivity contribution in [2.24, 2.45) is 0 Å². The molecule has 0 aromatic heterocycles. The fourth-order valence-electron chi connectivity index (χ4n) is 2.77. The molecule has 2 aliphatic heterocycles. The van der Waals surface area contributed by atoms with Gasteiger partial charge in [0.25, 0.3) is 0 Å². The minimum atomic E-state index is 0.245. The molecule has 0 saturated carbocycles. The molecule has 1 atom stereocenters. The molecule has 108 valence electrons. The van der Waals surface area contributed by atoms with Crippen molar-refractivity contribution < 1.29 is 14.2 Å². The van der Waals surface area contributed by atoms with Crippen LogP contribution >= 0.6 is 0 Å². The predicted octanol–water partition coefficient (Wildman–Crippen LogP) is 2.68. The third kappa shape index (κ3) is 2.43. The van der Waals surface area contributed by atoms with Crippen molar-refractivity contribution in [1.82, 2.24) is 5.32 Å². The summed E-state index contributed by atoms with van der Waals surface area (Å²) in [5, 5.41) is 3.54. The molecule has 2 aliphatic rings. The minimum absolute atomic E-state index is 0.245. The molecule has 1 N–H and O–H groups in total. The molecule has 0 aliphatic carbocycles. The van der Waals surface area contributed by atoms with Crippen LogP contribution in [0.1, 0.15) is 17.2 Å². The van der Waals surface area contributed by atoms with E-state index < -0.39 is 0 Å². The maximum Gasteiger partial charge on any atom is 0.161 e. The number of hydrogen-bond donors (Lipinski definition) is 1. The van der Waals surface area contributed by atoms with Crippen molar-refractivity contribution in [3.8, 4) is 17.2 Å². The Morgan fingerprint density at radius 2 is 1.76 bits per heavy atom. The monoisotopic (exact) mass is 283 g/mol. The Kier molecular flexibility index (Phi) is 3.16. The molecule has 0 amide bonds. The van der Waals surface area contributed by atoms with Gasteiger partial charge in [0.05, 0.1) is 6.04 Å². The van der Waals surface area contributed by atoms with Gasteiger partial charge in [-0.2, -0.15) is 0 Å². The van der Waals surface area contributed by atoms with Crippen LogP contribution in [0.2, 0.25) is 0 Å². The summed E-state index contributed by atoms with van der Waals surface area (Å²) in [4.78, 5) is 0. The van der Waals surface area contributed by atoms with Gasteiger partial charge in [-0.3, -0.25) is 0 Å². The van der Waals surface area contributed by atoms with Crippen LogP contribution in [0.15, 0.2) is 42.5 Å². The molecule has 4 nitrogen and oxygen atoms in total. The smallest absolute Gasteiger partial charge is 0.161 e. The van der Waals surface area contributed by atoms with Gasteiger partial charge in [0.2, 0.25) is 0 Å². The lowest BCUT2D eigenvalue weighted by Crippen LogP contribution is -2.22. The summed E-state index contributed by atoms with van der Waals surface area (Å²) in [7, 11) is 0. The summed E-state index contributed by atoms with van der Waals surface area (Å²) >= 11 is 0. The van der Waals surface area contributed by atoms with E-state index >= 15 is 0 Å². The first kappa shape index (κ1) is 12.5. The van der Waals surface area contributed by atoms with Crippen LogP contribution in [-0.2, 0) is 6.54 Å². The summed E-state index contributed by atoms with van der Waals surface area (Å²) in [6, 6.07) is 14.5. The van der Waals surface area contributed by atoms with E-state index in [0.29, 0.717) is 19.8 Å². The molecule has 0 spiro atoms. The van der Waals surface area contributed by atoms with Crippen molar-refractivity contribution in [1.29, 1.82) is 0 Å². The van der Waals surface area contributed by atoms with Gasteiger partial charge in [0.15, 0.2) is 11.5 Å². The Hall–Kier alpha value is -2.20. The fraction of sp³-hybridized carbons (Fsp3) is 0.294. The summed E-state index contributed by atoms with van der Waals surface area (Å²) in [5.41, 5.74) is 2.42. The van der Waals surface area contributed by atoms with Crippen LogP contribution in [0.3, 0.4) is 0 Å². The zero-order valence-corrected chi connectivity index (χ0v) is 11.7. The molecule has 4 rings (SSSR count). The van der Waals surface area contributed by atoms with E-state index in [-0.39, 0.29) is 6.04 Å². The van der Waals surface area contributed by atoms with Crippen molar-refractivity contribution >= 4 is 0 Å². The summed E-state index contributed by atoms with van der Waals surface area (Å²) < 4.78 is 16.8. The first-order valence-corrected chi connectivity index (χ1v) is 7.24. The molecule has 21 heavy (non-hydrogen) atoms. The Morgan fingerprint density at radius 3 is 2.71 bits per heavy atom. The van der Waals surface area contributed by atoms with E-state index in [0.717, 1.165) is 23.8 Å². The van der Waals surface area contributed by atoms with E-state index in [9.17, 15) is 0 Å². The van der Waals surface area contributed by atoms with Gasteiger partial charge in [-0.15, -0.1) is 0 Å². The second kappa shape index (κ2) is 5.30. The van der Waals surface area contributed by atoms with Gasteiger partial charge in [-0.05, 0) is 23.8 Å². The van der Waals surface area contributed by atoms with Crippen molar-refractivity contribution in [2.45, 2.75) is 12.6 Å². The van der Waals surface area contributed by atoms with Crippen LogP contribution in [0, 0.1) is 0 Å². The Labute approximate surface area is 123 Å². The molecule has 2 aromatic carbocycles. The summed E-state index contributed by atoms with van der Waals surface area (Å²) in [5.74, 6) is 2.65. The number of nitrogens with one attached hydrogen (secondary N) is 1. The van der Waals surface area contributed by atoms with Gasteiger partial charge in [-0.1, -0.05) is 24.3 Å². The molecule has 0 fully saturated rings. The van der Waals surface area contributed by atoms with E-state index in [1.165, 1.54) is 11.1 Å². The van der Waals surface area contributed by atoms with Crippen LogP contribution in [0.25, 0.3) is 0 Å². The lowest BCUT2D eigenvalue weighted by atomic mass is 10.1. The summed E-state index contributed by atoms with van der Waals surface area (Å²) in [6.45, 7) is 2.71. The van der Waals surface area contributed by atoms with Crippen LogP contribution in [0.5, 0.6) is 17.2 Å². The number of ether oxygens (including phenoxy) is 3. The Bertz CT molecular complexity index is 656. The number of para-hydroxylation sites is 1. The molecular formula is C17H17NO3. The van der Waals surface area contributed by atoms with Gasteiger partial charge >= 0.3 is 0 Å². The highest BCUT2D eigenvalue weighted by Crippen LogP contribution is 2.33. The predicted molar refractivity (Wildman–Crippen MR) is 78.9 cm³/mol. The minimum Gasteiger partial charge on any atom is -0.491 e. The van der Waals surface area contributed by atoms with E-state index in [2.05, 4.69) is 17.4 Å². The molecule has 4 heteroatoms. The Balaban J connectivity index is 1.46. The molecular weight excluding hydrogens is 266 g/mol. The maximum atomic E-state index is 5.68. The first-order chi connectivity index (χ1) is 10.4. The highest BCUT2D eigenvalue weighted by Gasteiger charge is 2.23. The highest BCUT2D eigenvalue weighted by molar-refractivity contribution is 5.44. The Morgan fingerprint density at radius 1 is 0.905 bits per heavy atom. The molecule has 0 saturated heterocycles. The number of benzene rings is 2. The van der Waals surface area contributed by atoms with E-state index in [1.54, 1.807) is 0 Å². The van der Waals surface area contributed by atoms with E-state index in [1.807, 2.05) is 30.3 Å². The molecule has 2 aromatic rings. The fourth-order valence-corrected chi connectivity index (χ4v) is 2.77. The van der Waals surface area contributed by atoms with Crippen molar-refractivity contribution in [2.75, 3.05) is 19.8 Å². The van der Waals surface area contributed by atoms with Crippen molar-refractivity contribution in [3.05, 3.63) is 53.6 Å². The quantitative estimate of drug-likeness (QED) is 0.940. The number of hydrogen-bond acceptors (Lipinski definition) is 4. The molecule has 2 heterocycles. The zero-order valence-electron chi connectivity index (χ0n) is 11.7. The third-order valence-corrected chi connectivity index (χ3v) is 3.86. The van der Waals surface area contributed by atoms with Crippen LogP contribution in [0.4, 0.5) is 0 Å². The first-order valence-electron chi connectivity index (χ1n) is 7.24. The SMILES string of the molecule is c1ccc2c(c1)OCC2NCc1ccc2c(c1)OCCO2. The molecule has 0 bridgehead atoms. The molecule has 0 radical (unpaired) electrons. The lowest BCUT2D eigenvalue weighted by Gasteiger charge is -2.19.